The average Bonchev–Trinajstić information content (AvgIpc) is 2.73. The second-order valence-electron chi connectivity index (χ2n) is 5.78. The van der Waals surface area contributed by atoms with E-state index in [1.807, 2.05) is 6.92 Å². The van der Waals surface area contributed by atoms with Crippen LogP contribution in [0.25, 0.3) is 0 Å². The molecule has 1 fully saturated rings. The number of hydrogen-bond donors (Lipinski definition) is 2. The van der Waals surface area contributed by atoms with Gasteiger partial charge in [0.25, 0.3) is 0 Å². The summed E-state index contributed by atoms with van der Waals surface area (Å²) in [4.78, 5) is 11.8. The highest BCUT2D eigenvalue weighted by atomic mass is 32.1. The lowest BCUT2D eigenvalue weighted by Gasteiger charge is -2.10. The van der Waals surface area contributed by atoms with Crippen LogP contribution in [0, 0.1) is 11.8 Å². The van der Waals surface area contributed by atoms with Gasteiger partial charge in [-0.3, -0.25) is 10.2 Å². The largest absolute Gasteiger partial charge is 0.460 e. The maximum absolute atomic E-state index is 11.8. The quantitative estimate of drug-likeness (QED) is 0.232. The van der Waals surface area contributed by atoms with Crippen molar-refractivity contribution in [2.24, 2.45) is 22.7 Å². The Morgan fingerprint density at radius 1 is 1.62 bits per heavy atom. The molecule has 21 heavy (non-hydrogen) atoms. The number of nitrogens with two attached hydrogens (primary N) is 1. The van der Waals surface area contributed by atoms with Crippen LogP contribution in [0.1, 0.15) is 40.0 Å². The van der Waals surface area contributed by atoms with Crippen LogP contribution >= 0.6 is 12.2 Å². The Bertz CT molecular complexity index is 399. The van der Waals surface area contributed by atoms with Crippen molar-refractivity contribution in [3.8, 4) is 0 Å². The van der Waals surface area contributed by atoms with Crippen LogP contribution in [-0.4, -0.2) is 36.1 Å². The van der Waals surface area contributed by atoms with Gasteiger partial charge >= 0.3 is 5.97 Å². The van der Waals surface area contributed by atoms with Crippen molar-refractivity contribution in [1.82, 2.24) is 5.43 Å². The molecule has 1 heterocycles. The molecule has 0 spiro atoms. The molecule has 0 aromatic carbocycles. The van der Waals surface area contributed by atoms with Gasteiger partial charge in [0.15, 0.2) is 5.11 Å². The van der Waals surface area contributed by atoms with E-state index in [4.69, 9.17) is 15.2 Å². The number of esters is 1. The molecule has 6 nitrogen and oxygen atoms in total. The Labute approximate surface area is 131 Å². The van der Waals surface area contributed by atoms with Crippen molar-refractivity contribution in [3.63, 3.8) is 0 Å². The van der Waals surface area contributed by atoms with Gasteiger partial charge in [-0.25, -0.2) is 0 Å². The topological polar surface area (TPSA) is 85.9 Å². The van der Waals surface area contributed by atoms with Gasteiger partial charge in [-0.1, -0.05) is 13.8 Å². The molecule has 120 valence electrons. The summed E-state index contributed by atoms with van der Waals surface area (Å²) in [6, 6.07) is 0. The Morgan fingerprint density at radius 2 is 2.33 bits per heavy atom. The smallest absolute Gasteiger partial charge is 0.309 e. The molecule has 0 bridgehead atoms. The number of carbonyl (C=O) groups excluding carboxylic acids is 1. The molecule has 1 saturated heterocycles. The van der Waals surface area contributed by atoms with Crippen molar-refractivity contribution >= 4 is 29.0 Å². The minimum atomic E-state index is -0.183. The molecule has 7 heteroatoms. The summed E-state index contributed by atoms with van der Waals surface area (Å²) >= 11 is 4.67. The van der Waals surface area contributed by atoms with E-state index in [-0.39, 0.29) is 23.1 Å². The number of ether oxygens (including phenoxy) is 2. The highest BCUT2D eigenvalue weighted by Crippen LogP contribution is 2.24. The zero-order valence-electron chi connectivity index (χ0n) is 12.9. The zero-order valence-corrected chi connectivity index (χ0v) is 13.7. The number of cyclic esters (lactones) is 1. The van der Waals surface area contributed by atoms with Crippen LogP contribution in [0.5, 0.6) is 0 Å². The molecule has 0 aromatic rings. The third-order valence-electron chi connectivity index (χ3n) is 3.21. The van der Waals surface area contributed by atoms with Gasteiger partial charge in [-0.05, 0) is 31.5 Å². The van der Waals surface area contributed by atoms with E-state index in [2.05, 4.69) is 36.6 Å². The van der Waals surface area contributed by atoms with Crippen LogP contribution in [-0.2, 0) is 14.3 Å². The van der Waals surface area contributed by atoms with Gasteiger partial charge in [0.2, 0.25) is 0 Å². The highest BCUT2D eigenvalue weighted by molar-refractivity contribution is 7.80. The van der Waals surface area contributed by atoms with E-state index in [9.17, 15) is 4.79 Å². The molecule has 0 radical (unpaired) electrons. The fourth-order valence-electron chi connectivity index (χ4n) is 2.08. The Morgan fingerprint density at radius 3 is 2.95 bits per heavy atom. The number of nitrogens with zero attached hydrogens (tertiary/aromatic N) is 1. The molecule has 1 aliphatic rings. The van der Waals surface area contributed by atoms with Crippen LogP contribution < -0.4 is 11.2 Å². The molecule has 0 unspecified atom stereocenters. The Hall–Kier alpha value is -1.21. The van der Waals surface area contributed by atoms with Gasteiger partial charge < -0.3 is 15.2 Å². The van der Waals surface area contributed by atoms with Crippen LogP contribution in [0.15, 0.2) is 5.10 Å². The third kappa shape index (κ3) is 7.38. The molecular weight excluding hydrogens is 290 g/mol. The number of hydrazone groups is 1. The van der Waals surface area contributed by atoms with Gasteiger partial charge in [0.1, 0.15) is 6.10 Å². The van der Waals surface area contributed by atoms with Crippen molar-refractivity contribution in [1.29, 1.82) is 0 Å². The van der Waals surface area contributed by atoms with Crippen LogP contribution in [0.2, 0.25) is 0 Å². The summed E-state index contributed by atoms with van der Waals surface area (Å²) in [5.41, 5.74) is 8.58. The molecule has 0 aromatic heterocycles. The molecule has 1 aliphatic heterocycles. The van der Waals surface area contributed by atoms with E-state index in [0.29, 0.717) is 32.0 Å². The number of hydrogen-bond acceptors (Lipinski definition) is 5. The first-order chi connectivity index (χ1) is 9.88. The Balaban J connectivity index is 2.30. The highest BCUT2D eigenvalue weighted by Gasteiger charge is 2.34. The second-order valence-corrected chi connectivity index (χ2v) is 6.22. The van der Waals surface area contributed by atoms with Crippen molar-refractivity contribution in [2.75, 3.05) is 13.2 Å². The lowest BCUT2D eigenvalue weighted by molar-refractivity contribution is -0.146. The first-order valence-corrected chi connectivity index (χ1v) is 7.66. The van der Waals surface area contributed by atoms with E-state index in [0.717, 1.165) is 12.1 Å². The lowest BCUT2D eigenvalue weighted by Crippen LogP contribution is -2.25. The van der Waals surface area contributed by atoms with Gasteiger partial charge in [-0.15, -0.1) is 0 Å². The first kappa shape index (κ1) is 17.8. The minimum absolute atomic E-state index is 0.111. The summed E-state index contributed by atoms with van der Waals surface area (Å²) in [6.07, 6.45) is 2.07. The summed E-state index contributed by atoms with van der Waals surface area (Å²) in [6.45, 7) is 7.30. The molecule has 2 atom stereocenters. The van der Waals surface area contributed by atoms with Gasteiger partial charge in [-0.2, -0.15) is 5.10 Å². The molecule has 0 saturated carbocycles. The van der Waals surface area contributed by atoms with Crippen molar-refractivity contribution in [3.05, 3.63) is 0 Å². The molecule has 3 N–H and O–H groups in total. The summed E-state index contributed by atoms with van der Waals surface area (Å²) in [5.74, 6) is 0.266. The lowest BCUT2D eigenvalue weighted by atomic mass is 9.99. The number of carbonyl (C=O) groups is 1. The summed E-state index contributed by atoms with van der Waals surface area (Å²) < 4.78 is 10.9. The third-order valence-corrected chi connectivity index (χ3v) is 3.30. The SMILES string of the molecule is C/C(C[C@H]1C[C@@H](COCCC(C)C)OC1=O)=N/NC(N)=S. The summed E-state index contributed by atoms with van der Waals surface area (Å²) in [5, 5.41) is 4.11. The molecule has 0 aliphatic carbocycles. The van der Waals surface area contributed by atoms with E-state index in [1.165, 1.54) is 0 Å². The van der Waals surface area contributed by atoms with E-state index in [1.54, 1.807) is 0 Å². The van der Waals surface area contributed by atoms with Gasteiger partial charge in [0, 0.05) is 25.2 Å². The first-order valence-electron chi connectivity index (χ1n) is 7.25. The molecule has 1 rings (SSSR count). The zero-order chi connectivity index (χ0) is 15.8. The van der Waals surface area contributed by atoms with Crippen molar-refractivity contribution in [2.45, 2.75) is 46.1 Å². The molecular formula is C14H25N3O3S. The fraction of sp³-hybridized carbons (Fsp3) is 0.786. The van der Waals surface area contributed by atoms with E-state index >= 15 is 0 Å². The second kappa shape index (κ2) is 8.94. The number of thiocarbonyl (C=S) groups is 1. The van der Waals surface area contributed by atoms with Gasteiger partial charge in [0.05, 0.1) is 12.5 Å². The minimum Gasteiger partial charge on any atom is -0.460 e. The van der Waals surface area contributed by atoms with Crippen LogP contribution in [0.4, 0.5) is 0 Å². The van der Waals surface area contributed by atoms with E-state index < -0.39 is 0 Å². The predicted molar refractivity (Wildman–Crippen MR) is 85.9 cm³/mol. The van der Waals surface area contributed by atoms with Crippen LogP contribution in [0.3, 0.4) is 0 Å². The number of rotatable bonds is 8. The Kier molecular flexibility index (Phi) is 7.60. The van der Waals surface area contributed by atoms with Crippen molar-refractivity contribution < 1.29 is 14.3 Å². The number of nitrogens with one attached hydrogen (secondary N) is 1. The maximum atomic E-state index is 11.8. The maximum Gasteiger partial charge on any atom is 0.309 e. The predicted octanol–water partition coefficient (Wildman–Crippen LogP) is 1.58. The summed E-state index contributed by atoms with van der Waals surface area (Å²) in [7, 11) is 0. The average molecular weight is 315 g/mol. The molecule has 0 amide bonds. The standard InChI is InChI=1S/C14H25N3O3S/c1-9(2)4-5-19-8-12-7-11(13(18)20-12)6-10(3)16-17-14(15)21/h9,11-12H,4-8H2,1-3H3,(H3,15,17,21)/b16-10-/t11-,12-/m0/s1. The normalized spacial score (nSPS) is 22.5. The monoisotopic (exact) mass is 315 g/mol. The fourth-order valence-corrected chi connectivity index (χ4v) is 2.12.